The van der Waals surface area contributed by atoms with Gasteiger partial charge < -0.3 is 4.74 Å². The Balaban J connectivity index is 1.47. The molecule has 0 atom stereocenters. The number of benzene rings is 3. The summed E-state index contributed by atoms with van der Waals surface area (Å²) in [6, 6.07) is 26.2. The number of pyridine rings is 1. The van der Waals surface area contributed by atoms with Gasteiger partial charge in [-0.1, -0.05) is 42.5 Å². The monoisotopic (exact) mass is 429 g/mol. The van der Waals surface area contributed by atoms with Crippen LogP contribution in [0.15, 0.2) is 89.7 Å². The van der Waals surface area contributed by atoms with Crippen LogP contribution in [0.4, 0.5) is 0 Å². The number of hydrogen-bond donors (Lipinski definition) is 0. The highest BCUT2D eigenvalue weighted by Crippen LogP contribution is 2.26. The molecule has 0 radical (unpaired) electrons. The van der Waals surface area contributed by atoms with Gasteiger partial charge in [-0.2, -0.15) is 0 Å². The van der Waals surface area contributed by atoms with E-state index >= 15 is 0 Å². The molecule has 0 saturated carbocycles. The van der Waals surface area contributed by atoms with Crippen molar-refractivity contribution in [2.24, 2.45) is 0 Å². The second kappa shape index (κ2) is 7.09. The highest BCUT2D eigenvalue weighted by molar-refractivity contribution is 9.10. The van der Waals surface area contributed by atoms with Crippen LogP contribution in [0.1, 0.15) is 5.56 Å². The van der Waals surface area contributed by atoms with Gasteiger partial charge in [0, 0.05) is 15.9 Å². The molecule has 2 aromatic heterocycles. The van der Waals surface area contributed by atoms with Crippen molar-refractivity contribution < 1.29 is 4.74 Å². The van der Waals surface area contributed by atoms with Gasteiger partial charge in [-0.15, -0.1) is 0 Å². The summed E-state index contributed by atoms with van der Waals surface area (Å²) in [5, 5.41) is 1.10. The first kappa shape index (κ1) is 17.0. The van der Waals surface area contributed by atoms with E-state index in [1.807, 2.05) is 59.2 Å². The quantitative estimate of drug-likeness (QED) is 0.356. The molecule has 28 heavy (non-hydrogen) atoms. The maximum Gasteiger partial charge on any atom is 0.139 e. The molecule has 3 aromatic carbocycles. The maximum atomic E-state index is 5.92. The Morgan fingerprint density at radius 3 is 2.68 bits per heavy atom. The van der Waals surface area contributed by atoms with E-state index in [0.29, 0.717) is 6.61 Å². The van der Waals surface area contributed by atoms with Crippen LogP contribution in [0.2, 0.25) is 0 Å². The van der Waals surface area contributed by atoms with Gasteiger partial charge in [0.1, 0.15) is 24.5 Å². The summed E-state index contributed by atoms with van der Waals surface area (Å²) >= 11 is 3.59. The smallest absolute Gasteiger partial charge is 0.139 e. The van der Waals surface area contributed by atoms with Gasteiger partial charge in [0.05, 0.1) is 16.6 Å². The van der Waals surface area contributed by atoms with Gasteiger partial charge in [-0.05, 0) is 51.8 Å². The van der Waals surface area contributed by atoms with Gasteiger partial charge in [0.25, 0.3) is 0 Å². The van der Waals surface area contributed by atoms with Gasteiger partial charge in [-0.3, -0.25) is 4.57 Å². The summed E-state index contributed by atoms with van der Waals surface area (Å²) in [7, 11) is 0. The Morgan fingerprint density at radius 2 is 1.79 bits per heavy atom. The first-order valence-electron chi connectivity index (χ1n) is 8.97. The predicted molar refractivity (Wildman–Crippen MR) is 115 cm³/mol. The topological polar surface area (TPSA) is 39.9 Å². The molecule has 4 nitrogen and oxygen atoms in total. The third-order valence-electron chi connectivity index (χ3n) is 4.67. The Kier molecular flexibility index (Phi) is 4.29. The van der Waals surface area contributed by atoms with Gasteiger partial charge in [0.15, 0.2) is 0 Å². The zero-order valence-corrected chi connectivity index (χ0v) is 16.5. The number of imidazole rings is 1. The van der Waals surface area contributed by atoms with Crippen LogP contribution >= 0.6 is 15.9 Å². The van der Waals surface area contributed by atoms with E-state index in [1.165, 1.54) is 0 Å². The molecule has 5 heteroatoms. The average Bonchev–Trinajstić information content (AvgIpc) is 3.16. The predicted octanol–water partition coefficient (Wildman–Crippen LogP) is 5.92. The van der Waals surface area contributed by atoms with Crippen molar-refractivity contribution in [2.45, 2.75) is 6.61 Å². The first-order valence-corrected chi connectivity index (χ1v) is 9.77. The molecule has 0 unspecified atom stereocenters. The van der Waals surface area contributed by atoms with Gasteiger partial charge in [-0.25, -0.2) is 9.97 Å². The van der Waals surface area contributed by atoms with Crippen LogP contribution in [-0.2, 0) is 6.61 Å². The second-order valence-corrected chi connectivity index (χ2v) is 7.37. The van der Waals surface area contributed by atoms with Crippen molar-refractivity contribution in [3.8, 4) is 11.6 Å². The number of para-hydroxylation sites is 1. The zero-order chi connectivity index (χ0) is 18.9. The van der Waals surface area contributed by atoms with E-state index < -0.39 is 0 Å². The zero-order valence-electron chi connectivity index (χ0n) is 14.9. The Hall–Kier alpha value is -3.18. The molecule has 136 valence electrons. The molecule has 2 heterocycles. The molecule has 0 saturated heterocycles. The molecule has 0 bridgehead atoms. The minimum Gasteiger partial charge on any atom is -0.489 e. The summed E-state index contributed by atoms with van der Waals surface area (Å²) in [4.78, 5) is 9.36. The Labute approximate surface area is 170 Å². The molecule has 0 amide bonds. The highest BCUT2D eigenvalue weighted by atomic mass is 79.9. The molecule has 5 rings (SSSR count). The molecular weight excluding hydrogens is 414 g/mol. The molecule has 0 aliphatic carbocycles. The summed E-state index contributed by atoms with van der Waals surface area (Å²) in [6.07, 6.45) is 1.80. The van der Waals surface area contributed by atoms with Crippen molar-refractivity contribution in [1.29, 1.82) is 0 Å². The van der Waals surface area contributed by atoms with E-state index in [4.69, 9.17) is 9.72 Å². The third kappa shape index (κ3) is 3.14. The number of rotatable bonds is 4. The third-order valence-corrected chi connectivity index (χ3v) is 5.31. The van der Waals surface area contributed by atoms with Crippen molar-refractivity contribution in [2.75, 3.05) is 0 Å². The van der Waals surface area contributed by atoms with Crippen LogP contribution in [0, 0.1) is 0 Å². The van der Waals surface area contributed by atoms with Crippen molar-refractivity contribution in [1.82, 2.24) is 14.5 Å². The average molecular weight is 430 g/mol. The summed E-state index contributed by atoms with van der Waals surface area (Å²) in [6.45, 7) is 0.535. The minimum atomic E-state index is 0.535. The second-order valence-electron chi connectivity index (χ2n) is 6.52. The van der Waals surface area contributed by atoms with E-state index in [-0.39, 0.29) is 0 Å². The van der Waals surface area contributed by atoms with E-state index in [1.54, 1.807) is 6.33 Å². The summed E-state index contributed by atoms with van der Waals surface area (Å²) < 4.78 is 8.89. The molecule has 0 aliphatic heterocycles. The van der Waals surface area contributed by atoms with Crippen LogP contribution in [0.5, 0.6) is 5.75 Å². The SMILES string of the molecule is Brc1cccc2ccc(-n3cnc4cc(OCc5ccccc5)ccc43)nc12. The lowest BCUT2D eigenvalue weighted by molar-refractivity contribution is 0.306. The van der Waals surface area contributed by atoms with Crippen LogP contribution < -0.4 is 4.74 Å². The number of nitrogens with zero attached hydrogens (tertiary/aromatic N) is 3. The maximum absolute atomic E-state index is 5.92. The summed E-state index contributed by atoms with van der Waals surface area (Å²) in [5.74, 6) is 1.63. The number of aromatic nitrogens is 3. The normalized spacial score (nSPS) is 11.2. The van der Waals surface area contributed by atoms with Crippen LogP contribution in [-0.4, -0.2) is 14.5 Å². The lowest BCUT2D eigenvalue weighted by Gasteiger charge is -2.08. The molecular formula is C23H16BrN3O. The number of hydrogen-bond acceptors (Lipinski definition) is 3. The van der Waals surface area contributed by atoms with Gasteiger partial charge >= 0.3 is 0 Å². The van der Waals surface area contributed by atoms with Crippen molar-refractivity contribution in [3.63, 3.8) is 0 Å². The Bertz CT molecular complexity index is 1280. The molecule has 0 fully saturated rings. The fourth-order valence-electron chi connectivity index (χ4n) is 3.24. The van der Waals surface area contributed by atoms with Crippen molar-refractivity contribution in [3.05, 3.63) is 95.2 Å². The van der Waals surface area contributed by atoms with E-state index in [0.717, 1.165) is 43.5 Å². The van der Waals surface area contributed by atoms with E-state index in [9.17, 15) is 0 Å². The molecule has 5 aromatic rings. The van der Waals surface area contributed by atoms with Crippen molar-refractivity contribution >= 4 is 37.9 Å². The largest absolute Gasteiger partial charge is 0.489 e. The molecule has 0 N–H and O–H groups in total. The number of fused-ring (bicyclic) bond motifs is 2. The standard InChI is InChI=1S/C23H16BrN3O/c24-19-8-4-7-17-9-12-22(26-23(17)19)27-15-25-20-13-18(10-11-21(20)27)28-14-16-5-2-1-3-6-16/h1-13,15H,14H2. The van der Waals surface area contributed by atoms with E-state index in [2.05, 4.69) is 45.2 Å². The lowest BCUT2D eigenvalue weighted by Crippen LogP contribution is -1.97. The highest BCUT2D eigenvalue weighted by Gasteiger charge is 2.09. The van der Waals surface area contributed by atoms with Crippen LogP contribution in [0.3, 0.4) is 0 Å². The number of halogens is 1. The fourth-order valence-corrected chi connectivity index (χ4v) is 3.71. The fraction of sp³-hybridized carbons (Fsp3) is 0.0435. The van der Waals surface area contributed by atoms with Crippen LogP contribution in [0.25, 0.3) is 27.8 Å². The van der Waals surface area contributed by atoms with Gasteiger partial charge in [0.2, 0.25) is 0 Å². The molecule has 0 aliphatic rings. The minimum absolute atomic E-state index is 0.535. The Morgan fingerprint density at radius 1 is 0.893 bits per heavy atom. The first-order chi connectivity index (χ1) is 13.8. The number of ether oxygens (including phenoxy) is 1. The summed E-state index contributed by atoms with van der Waals surface area (Å²) in [5.41, 5.74) is 3.94. The molecule has 0 spiro atoms. The lowest BCUT2D eigenvalue weighted by atomic mass is 10.2.